The Morgan fingerprint density at radius 2 is 1.94 bits per heavy atom. The molecule has 0 aliphatic heterocycles. The second-order valence-electron chi connectivity index (χ2n) is 5.09. The maximum atomic E-state index is 13.7. The van der Waals surface area contributed by atoms with E-state index in [1.54, 1.807) is 20.8 Å². The van der Waals surface area contributed by atoms with Crippen molar-refractivity contribution < 1.29 is 13.6 Å². The highest BCUT2D eigenvalue weighted by Gasteiger charge is 2.29. The number of amides is 1. The summed E-state index contributed by atoms with van der Waals surface area (Å²) in [7, 11) is 0. The molecule has 1 aromatic rings. The molecule has 0 aliphatic rings. The van der Waals surface area contributed by atoms with Gasteiger partial charge in [-0.3, -0.25) is 4.79 Å². The van der Waals surface area contributed by atoms with E-state index in [2.05, 4.69) is 0 Å². The molecule has 0 atom stereocenters. The minimum atomic E-state index is -0.763. The number of hydrogen-bond donors (Lipinski definition) is 1. The number of hydrogen-bond acceptors (Lipinski definition) is 2. The van der Waals surface area contributed by atoms with Crippen LogP contribution >= 0.6 is 0 Å². The lowest BCUT2D eigenvalue weighted by molar-refractivity contribution is -0.125. The van der Waals surface area contributed by atoms with Gasteiger partial charge in [0.05, 0.1) is 5.69 Å². The number of rotatable bonds is 3. The number of anilines is 1. The predicted octanol–water partition coefficient (Wildman–Crippen LogP) is 2.30. The Balaban J connectivity index is 3.16. The smallest absolute Gasteiger partial charge is 0.232 e. The van der Waals surface area contributed by atoms with Crippen molar-refractivity contribution in [3.05, 3.63) is 29.8 Å². The van der Waals surface area contributed by atoms with Crippen LogP contribution < -0.4 is 10.6 Å². The summed E-state index contributed by atoms with van der Waals surface area (Å²) >= 11 is 0. The fourth-order valence-corrected chi connectivity index (χ4v) is 1.57. The van der Waals surface area contributed by atoms with Crippen molar-refractivity contribution in [2.75, 3.05) is 18.0 Å². The molecule has 0 aromatic heterocycles. The fourth-order valence-electron chi connectivity index (χ4n) is 1.57. The highest BCUT2D eigenvalue weighted by atomic mass is 19.1. The van der Waals surface area contributed by atoms with E-state index in [-0.39, 0.29) is 24.7 Å². The van der Waals surface area contributed by atoms with Crippen LogP contribution in [0.3, 0.4) is 0 Å². The Bertz CT molecular complexity index is 441. The fraction of sp³-hybridized carbons (Fsp3) is 0.462. The summed E-state index contributed by atoms with van der Waals surface area (Å²) in [6, 6.07) is 3.14. The zero-order chi connectivity index (χ0) is 13.9. The largest absolute Gasteiger partial charge is 0.329 e. The molecule has 1 amide bonds. The molecule has 5 heteroatoms. The van der Waals surface area contributed by atoms with E-state index >= 15 is 0 Å². The van der Waals surface area contributed by atoms with Crippen LogP contribution in [0, 0.1) is 17.0 Å². The van der Waals surface area contributed by atoms with Gasteiger partial charge in [-0.2, -0.15) is 0 Å². The van der Waals surface area contributed by atoms with Gasteiger partial charge < -0.3 is 10.6 Å². The normalized spacial score (nSPS) is 11.4. The molecule has 0 saturated carbocycles. The number of carbonyl (C=O) groups excluding carboxylic acids is 1. The summed E-state index contributed by atoms with van der Waals surface area (Å²) in [5.74, 6) is -1.69. The Morgan fingerprint density at radius 1 is 1.33 bits per heavy atom. The van der Waals surface area contributed by atoms with Crippen molar-refractivity contribution >= 4 is 11.6 Å². The van der Waals surface area contributed by atoms with E-state index in [4.69, 9.17) is 5.73 Å². The standard InChI is InChI=1S/C13H18F2N2O/c1-13(2,3)12(18)17(7-6-16)11-5-4-9(14)8-10(11)15/h4-5,8H,6-7,16H2,1-3H3. The Hall–Kier alpha value is -1.49. The second kappa shape index (κ2) is 5.44. The highest BCUT2D eigenvalue weighted by molar-refractivity contribution is 5.97. The highest BCUT2D eigenvalue weighted by Crippen LogP contribution is 2.25. The first-order valence-corrected chi connectivity index (χ1v) is 5.74. The van der Waals surface area contributed by atoms with Gasteiger partial charge in [-0.25, -0.2) is 8.78 Å². The van der Waals surface area contributed by atoms with Crippen LogP contribution in [-0.2, 0) is 4.79 Å². The molecule has 100 valence electrons. The van der Waals surface area contributed by atoms with Crippen LogP contribution in [0.5, 0.6) is 0 Å². The van der Waals surface area contributed by atoms with Crippen LogP contribution in [-0.4, -0.2) is 19.0 Å². The Kier molecular flexibility index (Phi) is 4.40. The Labute approximate surface area is 106 Å². The maximum absolute atomic E-state index is 13.7. The van der Waals surface area contributed by atoms with Gasteiger partial charge in [0.1, 0.15) is 11.6 Å². The lowest BCUT2D eigenvalue weighted by atomic mass is 9.94. The molecule has 0 aliphatic carbocycles. The molecule has 0 saturated heterocycles. The zero-order valence-electron chi connectivity index (χ0n) is 10.8. The first-order chi connectivity index (χ1) is 8.27. The number of benzene rings is 1. The quantitative estimate of drug-likeness (QED) is 0.902. The van der Waals surface area contributed by atoms with E-state index in [0.717, 1.165) is 12.1 Å². The first-order valence-electron chi connectivity index (χ1n) is 5.74. The minimum absolute atomic E-state index is 0.0572. The summed E-state index contributed by atoms with van der Waals surface area (Å²) in [5.41, 5.74) is 4.84. The van der Waals surface area contributed by atoms with E-state index < -0.39 is 17.0 Å². The molecule has 0 spiro atoms. The number of halogens is 2. The summed E-state index contributed by atoms with van der Waals surface area (Å²) in [5, 5.41) is 0. The first kappa shape index (κ1) is 14.6. The summed E-state index contributed by atoms with van der Waals surface area (Å²) in [4.78, 5) is 13.5. The predicted molar refractivity (Wildman–Crippen MR) is 67.2 cm³/mol. The van der Waals surface area contributed by atoms with E-state index in [9.17, 15) is 13.6 Å². The third-order valence-electron chi connectivity index (χ3n) is 2.44. The summed E-state index contributed by atoms with van der Waals surface area (Å²) in [6.07, 6.45) is 0. The van der Waals surface area contributed by atoms with Crippen molar-refractivity contribution in [2.24, 2.45) is 11.1 Å². The Morgan fingerprint density at radius 3 is 2.39 bits per heavy atom. The third-order valence-corrected chi connectivity index (χ3v) is 2.44. The molecule has 0 radical (unpaired) electrons. The van der Waals surface area contributed by atoms with Gasteiger partial charge in [0, 0.05) is 24.6 Å². The van der Waals surface area contributed by atoms with Crippen LogP contribution in [0.15, 0.2) is 18.2 Å². The van der Waals surface area contributed by atoms with Crippen molar-refractivity contribution in [3.63, 3.8) is 0 Å². The molecule has 0 heterocycles. The van der Waals surface area contributed by atoms with Gasteiger partial charge in [-0.05, 0) is 12.1 Å². The number of nitrogens with two attached hydrogens (primary N) is 1. The van der Waals surface area contributed by atoms with Gasteiger partial charge in [0.25, 0.3) is 0 Å². The molecule has 18 heavy (non-hydrogen) atoms. The van der Waals surface area contributed by atoms with Crippen molar-refractivity contribution in [2.45, 2.75) is 20.8 Å². The monoisotopic (exact) mass is 256 g/mol. The third kappa shape index (κ3) is 3.26. The molecule has 2 N–H and O–H groups in total. The van der Waals surface area contributed by atoms with Crippen molar-refractivity contribution in [1.29, 1.82) is 0 Å². The van der Waals surface area contributed by atoms with Crippen LogP contribution in [0.25, 0.3) is 0 Å². The topological polar surface area (TPSA) is 46.3 Å². The molecule has 3 nitrogen and oxygen atoms in total. The van der Waals surface area contributed by atoms with Crippen LogP contribution in [0.2, 0.25) is 0 Å². The lowest BCUT2D eigenvalue weighted by Crippen LogP contribution is -2.42. The molecule has 0 fully saturated rings. The van der Waals surface area contributed by atoms with Gasteiger partial charge in [-0.15, -0.1) is 0 Å². The lowest BCUT2D eigenvalue weighted by Gasteiger charge is -2.29. The molecule has 0 bridgehead atoms. The zero-order valence-corrected chi connectivity index (χ0v) is 10.8. The molecule has 1 rings (SSSR count). The SMILES string of the molecule is CC(C)(C)C(=O)N(CCN)c1ccc(F)cc1F. The van der Waals surface area contributed by atoms with Crippen molar-refractivity contribution in [1.82, 2.24) is 0 Å². The van der Waals surface area contributed by atoms with Gasteiger partial charge in [0.15, 0.2) is 0 Å². The second-order valence-corrected chi connectivity index (χ2v) is 5.09. The van der Waals surface area contributed by atoms with Gasteiger partial charge in [-0.1, -0.05) is 20.8 Å². The van der Waals surface area contributed by atoms with Gasteiger partial charge in [0.2, 0.25) is 5.91 Å². The molecular weight excluding hydrogens is 238 g/mol. The molecular formula is C13H18F2N2O. The molecule has 0 unspecified atom stereocenters. The van der Waals surface area contributed by atoms with Crippen LogP contribution in [0.4, 0.5) is 14.5 Å². The average Bonchev–Trinajstić information content (AvgIpc) is 2.24. The minimum Gasteiger partial charge on any atom is -0.329 e. The maximum Gasteiger partial charge on any atom is 0.232 e. The molecule has 1 aromatic carbocycles. The van der Waals surface area contributed by atoms with Crippen LogP contribution in [0.1, 0.15) is 20.8 Å². The summed E-state index contributed by atoms with van der Waals surface area (Å²) in [6.45, 7) is 5.61. The average molecular weight is 256 g/mol. The van der Waals surface area contributed by atoms with Gasteiger partial charge >= 0.3 is 0 Å². The number of carbonyl (C=O) groups is 1. The number of nitrogens with zero attached hydrogens (tertiary/aromatic N) is 1. The van der Waals surface area contributed by atoms with E-state index in [1.165, 1.54) is 11.0 Å². The van der Waals surface area contributed by atoms with E-state index in [1.807, 2.05) is 0 Å². The van der Waals surface area contributed by atoms with Crippen molar-refractivity contribution in [3.8, 4) is 0 Å². The summed E-state index contributed by atoms with van der Waals surface area (Å²) < 4.78 is 26.6. The van der Waals surface area contributed by atoms with E-state index in [0.29, 0.717) is 0 Å².